The molecule has 3 aromatic rings. The molecule has 1 aromatic heterocycles. The molecule has 8 nitrogen and oxygen atoms in total. The van der Waals surface area contributed by atoms with E-state index in [0.717, 1.165) is 61.4 Å². The lowest BCUT2D eigenvalue weighted by Gasteiger charge is -2.26. The number of morpholine rings is 1. The van der Waals surface area contributed by atoms with Crippen molar-refractivity contribution in [3.8, 4) is 17.4 Å². The van der Waals surface area contributed by atoms with Crippen LogP contribution in [-0.4, -0.2) is 67.5 Å². The van der Waals surface area contributed by atoms with Crippen LogP contribution < -0.4 is 10.6 Å². The number of amides is 1. The number of carbonyl (C=O) groups excluding carboxylic acids is 1. The van der Waals surface area contributed by atoms with Gasteiger partial charge in [0, 0.05) is 55.7 Å². The minimum absolute atomic E-state index is 0.0564. The first kappa shape index (κ1) is 26.4. The lowest BCUT2D eigenvalue weighted by atomic mass is 10.0. The van der Waals surface area contributed by atoms with E-state index in [1.165, 1.54) is 6.08 Å². The van der Waals surface area contributed by atoms with Crippen molar-refractivity contribution in [2.24, 2.45) is 0 Å². The summed E-state index contributed by atoms with van der Waals surface area (Å²) in [5.41, 5.74) is 1.31. The first-order chi connectivity index (χ1) is 17.9. The summed E-state index contributed by atoms with van der Waals surface area (Å²) < 4.78 is 11.3. The second-order valence-electron chi connectivity index (χ2n) is 9.84. The van der Waals surface area contributed by atoms with E-state index in [4.69, 9.17) is 14.3 Å². The molecule has 0 unspecified atom stereocenters. The van der Waals surface area contributed by atoms with Crippen LogP contribution in [0.25, 0.3) is 28.2 Å². The highest BCUT2D eigenvalue weighted by Gasteiger charge is 2.22. The maximum absolute atomic E-state index is 12.5. The van der Waals surface area contributed by atoms with E-state index in [-0.39, 0.29) is 12.2 Å². The monoisotopic (exact) mass is 502 g/mol. The molecule has 0 aliphatic carbocycles. The zero-order chi connectivity index (χ0) is 26.3. The molecule has 1 saturated heterocycles. The maximum Gasteiger partial charge on any atom is 0.262 e. The summed E-state index contributed by atoms with van der Waals surface area (Å²) in [6, 6.07) is 18.0. The highest BCUT2D eigenvalue weighted by Crippen LogP contribution is 2.28. The average Bonchev–Trinajstić information content (AvgIpc) is 3.36. The number of ether oxygens (including phenoxy) is 1. The fourth-order valence-corrected chi connectivity index (χ4v) is 4.29. The van der Waals surface area contributed by atoms with Crippen LogP contribution in [0.3, 0.4) is 0 Å². The van der Waals surface area contributed by atoms with Gasteiger partial charge in [0.15, 0.2) is 0 Å². The highest BCUT2D eigenvalue weighted by molar-refractivity contribution is 6.01. The predicted octanol–water partition coefficient (Wildman–Crippen LogP) is 4.03. The number of nitriles is 1. The van der Waals surface area contributed by atoms with Crippen molar-refractivity contribution in [2.75, 3.05) is 51.3 Å². The van der Waals surface area contributed by atoms with Gasteiger partial charge in [-0.05, 0) is 61.4 Å². The Labute approximate surface area is 217 Å². The number of aliphatic hydroxyl groups excluding tert-OH is 1. The minimum atomic E-state index is -0.626. The number of benzene rings is 2. The van der Waals surface area contributed by atoms with Gasteiger partial charge >= 0.3 is 0 Å². The zero-order valence-electron chi connectivity index (χ0n) is 21.4. The minimum Gasteiger partial charge on any atom is -0.457 e. The molecule has 1 fully saturated rings. The molecule has 194 valence electrons. The van der Waals surface area contributed by atoms with Crippen LogP contribution in [0.15, 0.2) is 58.5 Å². The Morgan fingerprint density at radius 2 is 1.89 bits per heavy atom. The van der Waals surface area contributed by atoms with Gasteiger partial charge in [0.05, 0.1) is 13.2 Å². The van der Waals surface area contributed by atoms with Crippen LogP contribution in [0.4, 0.5) is 5.69 Å². The molecule has 1 aliphatic heterocycles. The third-order valence-corrected chi connectivity index (χ3v) is 6.45. The number of carbonyl (C=O) groups is 1. The van der Waals surface area contributed by atoms with E-state index in [0.29, 0.717) is 17.9 Å². The van der Waals surface area contributed by atoms with E-state index >= 15 is 0 Å². The first-order valence-corrected chi connectivity index (χ1v) is 12.6. The van der Waals surface area contributed by atoms with Gasteiger partial charge in [-0.1, -0.05) is 18.2 Å². The van der Waals surface area contributed by atoms with Crippen LogP contribution >= 0.6 is 0 Å². The predicted molar refractivity (Wildman–Crippen MR) is 145 cm³/mol. The van der Waals surface area contributed by atoms with Crippen LogP contribution in [-0.2, 0) is 9.53 Å². The lowest BCUT2D eigenvalue weighted by Crippen LogP contribution is -2.44. The SMILES string of the molecule is CC(C)(CCO)NC(=O)/C(C#N)=C/c1ccc(-c2ccc3cc(NCCN4CCOCC4)ccc3c2)o1. The Morgan fingerprint density at radius 1 is 1.14 bits per heavy atom. The molecule has 0 spiro atoms. The summed E-state index contributed by atoms with van der Waals surface area (Å²) in [4.78, 5) is 14.9. The number of anilines is 1. The molecule has 8 heteroatoms. The summed E-state index contributed by atoms with van der Waals surface area (Å²) >= 11 is 0. The summed E-state index contributed by atoms with van der Waals surface area (Å²) in [7, 11) is 0. The molecule has 2 heterocycles. The molecule has 0 bridgehead atoms. The van der Waals surface area contributed by atoms with Gasteiger partial charge in [0.1, 0.15) is 23.2 Å². The molecule has 1 aliphatic rings. The molecule has 0 saturated carbocycles. The Kier molecular flexibility index (Phi) is 8.62. The van der Waals surface area contributed by atoms with Crippen molar-refractivity contribution >= 4 is 28.4 Å². The standard InChI is InChI=1S/C29H34N4O4/c1-29(2,9-14-34)32-28(35)24(20-30)19-26-7-8-27(37-26)23-4-3-22-18-25(6-5-21(22)17-23)31-10-11-33-12-15-36-16-13-33/h3-8,17-19,31,34H,9-16H2,1-2H3,(H,32,35)/b24-19+. The zero-order valence-corrected chi connectivity index (χ0v) is 21.4. The van der Waals surface area contributed by atoms with Crippen molar-refractivity contribution in [1.82, 2.24) is 10.2 Å². The van der Waals surface area contributed by atoms with E-state index in [1.807, 2.05) is 18.2 Å². The fourth-order valence-electron chi connectivity index (χ4n) is 4.29. The molecule has 1 amide bonds. The number of fused-ring (bicyclic) bond motifs is 1. The molecule has 2 aromatic carbocycles. The molecule has 37 heavy (non-hydrogen) atoms. The molecule has 0 atom stereocenters. The largest absolute Gasteiger partial charge is 0.457 e. The van der Waals surface area contributed by atoms with Gasteiger partial charge in [0.25, 0.3) is 5.91 Å². The summed E-state index contributed by atoms with van der Waals surface area (Å²) in [5, 5.41) is 27.2. The average molecular weight is 503 g/mol. The van der Waals surface area contributed by atoms with Gasteiger partial charge in [-0.2, -0.15) is 5.26 Å². The van der Waals surface area contributed by atoms with Crippen LogP contribution in [0.2, 0.25) is 0 Å². The quantitative estimate of drug-likeness (QED) is 0.284. The highest BCUT2D eigenvalue weighted by atomic mass is 16.5. The van der Waals surface area contributed by atoms with Gasteiger partial charge in [0.2, 0.25) is 0 Å². The van der Waals surface area contributed by atoms with Crippen LogP contribution in [0.5, 0.6) is 0 Å². The van der Waals surface area contributed by atoms with Crippen molar-refractivity contribution in [3.63, 3.8) is 0 Å². The Hall–Kier alpha value is -3.64. The third-order valence-electron chi connectivity index (χ3n) is 6.45. The molecule has 0 radical (unpaired) electrons. The fraction of sp³-hybridized carbons (Fsp3) is 0.379. The molecule has 4 rings (SSSR count). The number of rotatable bonds is 10. The second-order valence-corrected chi connectivity index (χ2v) is 9.84. The summed E-state index contributed by atoms with van der Waals surface area (Å²) in [6.45, 7) is 9.00. The maximum atomic E-state index is 12.5. The number of nitrogens with zero attached hydrogens (tertiary/aromatic N) is 2. The van der Waals surface area contributed by atoms with E-state index in [1.54, 1.807) is 19.9 Å². The second kappa shape index (κ2) is 12.1. The number of nitrogens with one attached hydrogen (secondary N) is 2. The van der Waals surface area contributed by atoms with Crippen LogP contribution in [0, 0.1) is 11.3 Å². The van der Waals surface area contributed by atoms with E-state index in [2.05, 4.69) is 45.9 Å². The summed E-state index contributed by atoms with van der Waals surface area (Å²) in [5.74, 6) is 0.569. The normalized spacial score (nSPS) is 14.9. The summed E-state index contributed by atoms with van der Waals surface area (Å²) in [6.07, 6.45) is 1.82. The number of hydrogen-bond donors (Lipinski definition) is 3. The smallest absolute Gasteiger partial charge is 0.262 e. The molecular weight excluding hydrogens is 468 g/mol. The van der Waals surface area contributed by atoms with Gasteiger partial charge < -0.3 is 24.9 Å². The van der Waals surface area contributed by atoms with E-state index in [9.17, 15) is 10.1 Å². The number of furan rings is 1. The number of hydrogen-bond acceptors (Lipinski definition) is 7. The number of aliphatic hydroxyl groups is 1. The third kappa shape index (κ3) is 7.20. The topological polar surface area (TPSA) is 111 Å². The van der Waals surface area contributed by atoms with Gasteiger partial charge in [-0.15, -0.1) is 0 Å². The van der Waals surface area contributed by atoms with Gasteiger partial charge in [-0.25, -0.2) is 0 Å². The van der Waals surface area contributed by atoms with Crippen molar-refractivity contribution < 1.29 is 19.1 Å². The van der Waals surface area contributed by atoms with Crippen molar-refractivity contribution in [1.29, 1.82) is 5.26 Å². The Morgan fingerprint density at radius 3 is 2.65 bits per heavy atom. The Balaban J connectivity index is 1.42. The Bertz CT molecular complexity index is 1300. The molecular formula is C29H34N4O4. The van der Waals surface area contributed by atoms with Crippen molar-refractivity contribution in [3.05, 3.63) is 59.9 Å². The van der Waals surface area contributed by atoms with Crippen molar-refractivity contribution in [2.45, 2.75) is 25.8 Å². The molecule has 3 N–H and O–H groups in total. The lowest BCUT2D eigenvalue weighted by molar-refractivity contribution is -0.118. The first-order valence-electron chi connectivity index (χ1n) is 12.6. The van der Waals surface area contributed by atoms with Crippen LogP contribution in [0.1, 0.15) is 26.0 Å². The van der Waals surface area contributed by atoms with Gasteiger partial charge in [-0.3, -0.25) is 9.69 Å². The van der Waals surface area contributed by atoms with E-state index < -0.39 is 11.4 Å².